The second-order valence-corrected chi connectivity index (χ2v) is 6.06. The molecule has 1 N–H and O–H groups in total. The Morgan fingerprint density at radius 2 is 2.29 bits per heavy atom. The zero-order valence-electron chi connectivity index (χ0n) is 11.7. The zero-order chi connectivity index (χ0) is 15.7. The van der Waals surface area contributed by atoms with E-state index in [1.807, 2.05) is 11.8 Å². The summed E-state index contributed by atoms with van der Waals surface area (Å²) >= 11 is 3.38. The zero-order valence-corrected chi connectivity index (χ0v) is 13.3. The van der Waals surface area contributed by atoms with Gasteiger partial charge in [0, 0.05) is 18.2 Å². The Kier molecular flexibility index (Phi) is 4.46. The molecule has 0 amide bonds. The number of nitrogens with zero attached hydrogens (tertiary/aromatic N) is 3. The lowest BCUT2D eigenvalue weighted by Crippen LogP contribution is -2.43. The first-order valence-corrected chi connectivity index (χ1v) is 7.41. The monoisotopic (exact) mass is 357 g/mol. The van der Waals surface area contributed by atoms with E-state index in [2.05, 4.69) is 20.9 Å². The van der Waals surface area contributed by atoms with E-state index in [1.54, 1.807) is 6.92 Å². The van der Waals surface area contributed by atoms with Crippen molar-refractivity contribution in [3.05, 3.63) is 26.3 Å². The van der Waals surface area contributed by atoms with Crippen LogP contribution in [0.2, 0.25) is 0 Å². The van der Waals surface area contributed by atoms with Crippen LogP contribution in [-0.4, -0.2) is 33.6 Å². The van der Waals surface area contributed by atoms with Gasteiger partial charge in [-0.2, -0.15) is 0 Å². The Morgan fingerprint density at radius 1 is 1.62 bits per heavy atom. The van der Waals surface area contributed by atoms with E-state index < -0.39 is 10.9 Å². The summed E-state index contributed by atoms with van der Waals surface area (Å²) in [7, 11) is 0. The minimum absolute atomic E-state index is 0.0181. The molecule has 21 heavy (non-hydrogen) atoms. The number of halogens is 1. The fraction of sp³-hybridized carbons (Fsp3) is 0.538. The Morgan fingerprint density at radius 3 is 2.81 bits per heavy atom. The lowest BCUT2D eigenvalue weighted by Gasteiger charge is -2.37. The highest BCUT2D eigenvalue weighted by atomic mass is 79.9. The SMILES string of the molecule is Cc1c([N+](=O)[O-])cnc(N2CCC(C(=O)O)CC2C)c1Br. The van der Waals surface area contributed by atoms with E-state index in [-0.39, 0.29) is 17.6 Å². The maximum absolute atomic E-state index is 11.1. The van der Waals surface area contributed by atoms with Crippen molar-refractivity contribution in [2.75, 3.05) is 11.4 Å². The van der Waals surface area contributed by atoms with Crippen LogP contribution in [0, 0.1) is 23.0 Å². The number of anilines is 1. The molecular weight excluding hydrogens is 342 g/mol. The van der Waals surface area contributed by atoms with Crippen LogP contribution < -0.4 is 4.90 Å². The standard InChI is InChI=1S/C13H16BrN3O4/c1-7-5-9(13(18)19)3-4-16(7)12-11(14)8(2)10(6-15-12)17(20)21/h6-7,9H,3-5H2,1-2H3,(H,18,19). The van der Waals surface area contributed by atoms with Gasteiger partial charge in [0.25, 0.3) is 5.69 Å². The Labute approximate surface area is 130 Å². The maximum atomic E-state index is 11.1. The molecular formula is C13H16BrN3O4. The summed E-state index contributed by atoms with van der Waals surface area (Å²) in [6, 6.07) is 0.0181. The van der Waals surface area contributed by atoms with Gasteiger partial charge in [-0.1, -0.05) is 0 Å². The summed E-state index contributed by atoms with van der Waals surface area (Å²) < 4.78 is 0.595. The van der Waals surface area contributed by atoms with Crippen molar-refractivity contribution in [1.82, 2.24) is 4.98 Å². The molecule has 2 atom stereocenters. The van der Waals surface area contributed by atoms with E-state index in [9.17, 15) is 14.9 Å². The van der Waals surface area contributed by atoms with Gasteiger partial charge in [0.2, 0.25) is 0 Å². The molecule has 0 saturated carbocycles. The van der Waals surface area contributed by atoms with E-state index in [4.69, 9.17) is 5.11 Å². The fourth-order valence-corrected chi connectivity index (χ4v) is 3.18. The topological polar surface area (TPSA) is 96.6 Å². The Hall–Kier alpha value is -1.70. The number of nitro groups is 1. The summed E-state index contributed by atoms with van der Waals surface area (Å²) in [5.74, 6) is -0.475. The molecule has 1 aliphatic rings. The first-order valence-electron chi connectivity index (χ1n) is 6.61. The van der Waals surface area contributed by atoms with Gasteiger partial charge in [-0.3, -0.25) is 14.9 Å². The number of rotatable bonds is 3. The molecule has 1 saturated heterocycles. The second kappa shape index (κ2) is 5.97. The van der Waals surface area contributed by atoms with Crippen LogP contribution >= 0.6 is 15.9 Å². The Bertz CT molecular complexity index is 593. The Balaban J connectivity index is 2.29. The molecule has 8 heteroatoms. The largest absolute Gasteiger partial charge is 0.481 e. The summed E-state index contributed by atoms with van der Waals surface area (Å²) in [5.41, 5.74) is 0.497. The number of hydrogen-bond acceptors (Lipinski definition) is 5. The summed E-state index contributed by atoms with van der Waals surface area (Å²) in [6.07, 6.45) is 2.34. The van der Waals surface area contributed by atoms with Gasteiger partial charge in [0.15, 0.2) is 0 Å². The highest BCUT2D eigenvalue weighted by Gasteiger charge is 2.32. The quantitative estimate of drug-likeness (QED) is 0.659. The predicted molar refractivity (Wildman–Crippen MR) is 80.5 cm³/mol. The van der Waals surface area contributed by atoms with Crippen LogP contribution in [0.1, 0.15) is 25.3 Å². The molecule has 7 nitrogen and oxygen atoms in total. The van der Waals surface area contributed by atoms with Gasteiger partial charge < -0.3 is 10.0 Å². The summed E-state index contributed by atoms with van der Waals surface area (Å²) in [6.45, 7) is 4.18. The molecule has 114 valence electrons. The molecule has 1 aliphatic heterocycles. The third kappa shape index (κ3) is 2.99. The van der Waals surface area contributed by atoms with E-state index in [0.717, 1.165) is 0 Å². The lowest BCUT2D eigenvalue weighted by atomic mass is 9.91. The number of carboxylic acids is 1. The van der Waals surface area contributed by atoms with Crippen molar-refractivity contribution in [2.45, 2.75) is 32.7 Å². The molecule has 0 aliphatic carbocycles. The number of hydrogen-bond donors (Lipinski definition) is 1. The molecule has 0 spiro atoms. The highest BCUT2D eigenvalue weighted by molar-refractivity contribution is 9.10. The fourth-order valence-electron chi connectivity index (χ4n) is 2.65. The molecule has 2 heterocycles. The first-order chi connectivity index (χ1) is 9.82. The van der Waals surface area contributed by atoms with E-state index in [0.29, 0.717) is 35.2 Å². The first kappa shape index (κ1) is 15.7. The molecule has 0 radical (unpaired) electrons. The molecule has 1 fully saturated rings. The van der Waals surface area contributed by atoms with Crippen molar-refractivity contribution in [2.24, 2.45) is 5.92 Å². The van der Waals surface area contributed by atoms with Gasteiger partial charge in [0.05, 0.1) is 15.3 Å². The molecule has 0 bridgehead atoms. The molecule has 1 aromatic heterocycles. The van der Waals surface area contributed by atoms with Crippen LogP contribution in [0.25, 0.3) is 0 Å². The molecule has 2 rings (SSSR count). The molecule has 0 aromatic carbocycles. The lowest BCUT2D eigenvalue weighted by molar-refractivity contribution is -0.385. The number of piperidine rings is 1. The van der Waals surface area contributed by atoms with Crippen LogP contribution in [-0.2, 0) is 4.79 Å². The number of aromatic nitrogens is 1. The third-order valence-corrected chi connectivity index (χ3v) is 4.86. The smallest absolute Gasteiger partial charge is 0.306 e. The molecule has 2 unspecified atom stereocenters. The van der Waals surface area contributed by atoms with Crippen LogP contribution in [0.5, 0.6) is 0 Å². The van der Waals surface area contributed by atoms with Crippen LogP contribution in [0.4, 0.5) is 11.5 Å². The maximum Gasteiger partial charge on any atom is 0.306 e. The minimum Gasteiger partial charge on any atom is -0.481 e. The van der Waals surface area contributed by atoms with E-state index in [1.165, 1.54) is 6.20 Å². The van der Waals surface area contributed by atoms with Gasteiger partial charge in [-0.15, -0.1) is 0 Å². The van der Waals surface area contributed by atoms with Crippen molar-refractivity contribution in [1.29, 1.82) is 0 Å². The van der Waals surface area contributed by atoms with E-state index >= 15 is 0 Å². The van der Waals surface area contributed by atoms with Gasteiger partial charge >= 0.3 is 5.97 Å². The number of pyridine rings is 1. The van der Waals surface area contributed by atoms with Crippen molar-refractivity contribution < 1.29 is 14.8 Å². The highest BCUT2D eigenvalue weighted by Crippen LogP contribution is 2.36. The summed E-state index contributed by atoms with van der Waals surface area (Å²) in [4.78, 5) is 27.7. The van der Waals surface area contributed by atoms with Crippen LogP contribution in [0.15, 0.2) is 10.7 Å². The molecule has 1 aromatic rings. The van der Waals surface area contributed by atoms with Gasteiger partial charge in [-0.05, 0) is 42.6 Å². The second-order valence-electron chi connectivity index (χ2n) is 5.27. The van der Waals surface area contributed by atoms with Crippen molar-refractivity contribution in [3.63, 3.8) is 0 Å². The van der Waals surface area contributed by atoms with Gasteiger partial charge in [-0.25, -0.2) is 4.98 Å². The van der Waals surface area contributed by atoms with Crippen molar-refractivity contribution in [3.8, 4) is 0 Å². The average molecular weight is 358 g/mol. The minimum atomic E-state index is -0.770. The van der Waals surface area contributed by atoms with Crippen molar-refractivity contribution >= 4 is 33.4 Å². The number of aliphatic carboxylic acids is 1. The number of carbonyl (C=O) groups is 1. The van der Waals surface area contributed by atoms with Crippen LogP contribution in [0.3, 0.4) is 0 Å². The third-order valence-electron chi connectivity index (χ3n) is 3.91. The number of carboxylic acid groups (broad SMARTS) is 1. The average Bonchev–Trinajstić information content (AvgIpc) is 2.41. The normalized spacial score (nSPS) is 22.1. The predicted octanol–water partition coefficient (Wildman–Crippen LogP) is 2.75. The van der Waals surface area contributed by atoms with Gasteiger partial charge in [0.1, 0.15) is 12.0 Å². The summed E-state index contributed by atoms with van der Waals surface area (Å²) in [5, 5.41) is 20.0.